The molecule has 4 aromatic rings. The number of amides is 2. The molecule has 1 N–H and O–H groups in total. The number of thioether (sulfide) groups is 1. The van der Waals surface area contributed by atoms with Crippen molar-refractivity contribution in [3.05, 3.63) is 88.7 Å². The largest absolute Gasteiger partial charge is 0.325 e. The highest BCUT2D eigenvalue weighted by Gasteiger charge is 2.21. The molecule has 0 bridgehead atoms. The van der Waals surface area contributed by atoms with Gasteiger partial charge in [0.05, 0.1) is 34.0 Å². The lowest BCUT2D eigenvalue weighted by Crippen LogP contribution is -2.23. The monoisotopic (exact) mass is 495 g/mol. The minimum Gasteiger partial charge on any atom is -0.325 e. The second kappa shape index (κ2) is 10.1. The van der Waals surface area contributed by atoms with E-state index < -0.39 is 0 Å². The first-order valence-corrected chi connectivity index (χ1v) is 12.4. The molecular weight excluding hydrogens is 474 g/mol. The van der Waals surface area contributed by atoms with Crippen molar-refractivity contribution in [2.75, 3.05) is 22.5 Å². The van der Waals surface area contributed by atoms with Crippen LogP contribution in [-0.4, -0.2) is 33.7 Å². The van der Waals surface area contributed by atoms with E-state index in [1.165, 1.54) is 4.57 Å². The summed E-state index contributed by atoms with van der Waals surface area (Å²) in [5.74, 6) is -0.105. The van der Waals surface area contributed by atoms with E-state index in [4.69, 9.17) is 5.26 Å². The number of nitriles is 1. The Hall–Kier alpha value is -4.42. The zero-order chi connectivity index (χ0) is 25.1. The second-order valence-electron chi connectivity index (χ2n) is 8.24. The third kappa shape index (κ3) is 4.72. The normalized spacial score (nSPS) is 13.1. The van der Waals surface area contributed by atoms with Crippen LogP contribution in [0.25, 0.3) is 16.6 Å². The molecule has 9 heteroatoms. The summed E-state index contributed by atoms with van der Waals surface area (Å²) in [6, 6.07) is 22.9. The van der Waals surface area contributed by atoms with Gasteiger partial charge in [-0.25, -0.2) is 4.98 Å². The molecule has 0 unspecified atom stereocenters. The van der Waals surface area contributed by atoms with Crippen LogP contribution in [0, 0.1) is 11.3 Å². The van der Waals surface area contributed by atoms with Crippen molar-refractivity contribution in [3.63, 3.8) is 0 Å². The van der Waals surface area contributed by atoms with Crippen LogP contribution in [0.4, 0.5) is 11.4 Å². The SMILES string of the molecule is N#Cc1ccc(-n2c(SCC(=O)Nc3ccc(N4CCCC4=O)cc3)nc3ccccc3c2=O)cc1. The van der Waals surface area contributed by atoms with Crippen molar-refractivity contribution in [2.45, 2.75) is 18.0 Å². The number of hydrogen-bond donors (Lipinski definition) is 1. The molecule has 3 aromatic carbocycles. The Kier molecular flexibility index (Phi) is 6.52. The lowest BCUT2D eigenvalue weighted by Gasteiger charge is -2.16. The van der Waals surface area contributed by atoms with Crippen LogP contribution in [0.1, 0.15) is 18.4 Å². The zero-order valence-electron chi connectivity index (χ0n) is 19.2. The lowest BCUT2D eigenvalue weighted by molar-refractivity contribution is -0.117. The summed E-state index contributed by atoms with van der Waals surface area (Å²) in [6.45, 7) is 0.709. The lowest BCUT2D eigenvalue weighted by atomic mass is 10.2. The highest BCUT2D eigenvalue weighted by atomic mass is 32.2. The first-order chi connectivity index (χ1) is 17.5. The van der Waals surface area contributed by atoms with E-state index in [-0.39, 0.29) is 23.1 Å². The predicted molar refractivity (Wildman–Crippen MR) is 139 cm³/mol. The molecule has 0 aliphatic carbocycles. The van der Waals surface area contributed by atoms with E-state index >= 15 is 0 Å². The van der Waals surface area contributed by atoms with Crippen molar-refractivity contribution in [1.29, 1.82) is 5.26 Å². The molecular formula is C27H21N5O3S. The molecule has 2 heterocycles. The number of rotatable bonds is 6. The summed E-state index contributed by atoms with van der Waals surface area (Å²) in [5.41, 5.74) is 2.77. The molecule has 5 rings (SSSR count). The minimum absolute atomic E-state index is 0.0351. The number of hydrogen-bond acceptors (Lipinski definition) is 6. The Morgan fingerprint density at radius 1 is 1.00 bits per heavy atom. The Bertz CT molecular complexity index is 1560. The van der Waals surface area contributed by atoms with Gasteiger partial charge in [-0.15, -0.1) is 0 Å². The van der Waals surface area contributed by atoms with Gasteiger partial charge in [-0.1, -0.05) is 23.9 Å². The maximum Gasteiger partial charge on any atom is 0.266 e. The van der Waals surface area contributed by atoms with Crippen molar-refractivity contribution < 1.29 is 9.59 Å². The molecule has 178 valence electrons. The molecule has 1 fully saturated rings. The van der Waals surface area contributed by atoms with Crippen molar-refractivity contribution in [1.82, 2.24) is 9.55 Å². The Morgan fingerprint density at radius 3 is 2.42 bits per heavy atom. The summed E-state index contributed by atoms with van der Waals surface area (Å²) in [4.78, 5) is 44.4. The molecule has 2 amide bonds. The Morgan fingerprint density at radius 2 is 1.72 bits per heavy atom. The van der Waals surface area contributed by atoms with Crippen LogP contribution in [0.15, 0.2) is 82.7 Å². The zero-order valence-corrected chi connectivity index (χ0v) is 20.0. The van der Waals surface area contributed by atoms with Crippen LogP contribution in [-0.2, 0) is 9.59 Å². The minimum atomic E-state index is -0.251. The number of carbonyl (C=O) groups is 2. The average Bonchev–Trinajstić information content (AvgIpc) is 3.34. The first kappa shape index (κ1) is 23.3. The van der Waals surface area contributed by atoms with Crippen LogP contribution in [0.2, 0.25) is 0 Å². The van der Waals surface area contributed by atoms with Gasteiger partial charge in [0.15, 0.2) is 5.16 Å². The van der Waals surface area contributed by atoms with Crippen molar-refractivity contribution >= 4 is 45.9 Å². The number of nitrogens with one attached hydrogen (secondary N) is 1. The highest BCUT2D eigenvalue weighted by molar-refractivity contribution is 7.99. The van der Waals surface area contributed by atoms with Gasteiger partial charge >= 0.3 is 0 Å². The average molecular weight is 496 g/mol. The summed E-state index contributed by atoms with van der Waals surface area (Å²) in [7, 11) is 0. The molecule has 1 aliphatic heterocycles. The number of benzene rings is 3. The molecule has 8 nitrogen and oxygen atoms in total. The van der Waals surface area contributed by atoms with Crippen LogP contribution < -0.4 is 15.8 Å². The van der Waals surface area contributed by atoms with Gasteiger partial charge in [0.25, 0.3) is 5.56 Å². The Balaban J connectivity index is 1.36. The second-order valence-corrected chi connectivity index (χ2v) is 9.19. The Labute approximate surface area is 211 Å². The van der Waals surface area contributed by atoms with Crippen LogP contribution >= 0.6 is 11.8 Å². The van der Waals surface area contributed by atoms with E-state index in [1.54, 1.807) is 65.6 Å². The fraction of sp³-hybridized carbons (Fsp3) is 0.148. The fourth-order valence-corrected chi connectivity index (χ4v) is 4.91. The maximum absolute atomic E-state index is 13.3. The molecule has 0 atom stereocenters. The highest BCUT2D eigenvalue weighted by Crippen LogP contribution is 2.24. The standard InChI is InChI=1S/C27H21N5O3S/c28-16-18-7-11-21(12-8-18)32-26(35)22-4-1-2-5-23(22)30-27(32)36-17-24(33)29-19-9-13-20(14-10-19)31-15-3-6-25(31)34/h1-2,4-5,7-14H,3,6,15,17H2,(H,29,33). The third-order valence-electron chi connectivity index (χ3n) is 5.87. The summed E-state index contributed by atoms with van der Waals surface area (Å²) in [5, 5.41) is 12.8. The number of carbonyl (C=O) groups excluding carboxylic acids is 2. The van der Waals surface area contributed by atoms with E-state index in [0.717, 1.165) is 23.9 Å². The molecule has 0 radical (unpaired) electrons. The van der Waals surface area contributed by atoms with Gasteiger partial charge in [0.2, 0.25) is 11.8 Å². The van der Waals surface area contributed by atoms with Crippen molar-refractivity contribution in [3.8, 4) is 11.8 Å². The quantitative estimate of drug-likeness (QED) is 0.319. The third-order valence-corrected chi connectivity index (χ3v) is 6.81. The van der Waals surface area contributed by atoms with Gasteiger partial charge in [0.1, 0.15) is 0 Å². The number of aromatic nitrogens is 2. The molecule has 0 saturated carbocycles. The van der Waals surface area contributed by atoms with Gasteiger partial charge in [-0.05, 0) is 67.1 Å². The topological polar surface area (TPSA) is 108 Å². The number of nitrogens with zero attached hydrogens (tertiary/aromatic N) is 4. The summed E-state index contributed by atoms with van der Waals surface area (Å²) in [6.07, 6.45) is 1.41. The van der Waals surface area contributed by atoms with Gasteiger partial charge < -0.3 is 10.2 Å². The van der Waals surface area contributed by atoms with E-state index in [1.807, 2.05) is 12.1 Å². The van der Waals surface area contributed by atoms with Gasteiger partial charge in [-0.3, -0.25) is 19.0 Å². The molecule has 1 saturated heterocycles. The van der Waals surface area contributed by atoms with Gasteiger partial charge in [-0.2, -0.15) is 5.26 Å². The van der Waals surface area contributed by atoms with Crippen molar-refractivity contribution in [2.24, 2.45) is 0 Å². The summed E-state index contributed by atoms with van der Waals surface area (Å²) < 4.78 is 1.46. The maximum atomic E-state index is 13.3. The smallest absolute Gasteiger partial charge is 0.266 e. The predicted octanol–water partition coefficient (Wildman–Crippen LogP) is 4.11. The van der Waals surface area contributed by atoms with E-state index in [0.29, 0.717) is 46.0 Å². The molecule has 36 heavy (non-hydrogen) atoms. The molecule has 1 aromatic heterocycles. The van der Waals surface area contributed by atoms with E-state index in [2.05, 4.69) is 16.4 Å². The van der Waals surface area contributed by atoms with Crippen LogP contribution in [0.3, 0.4) is 0 Å². The van der Waals surface area contributed by atoms with Gasteiger partial charge in [0, 0.05) is 24.3 Å². The van der Waals surface area contributed by atoms with Crippen LogP contribution in [0.5, 0.6) is 0 Å². The molecule has 1 aliphatic rings. The van der Waals surface area contributed by atoms with E-state index in [9.17, 15) is 14.4 Å². The fourth-order valence-electron chi connectivity index (χ4n) is 4.09. The number of para-hydroxylation sites is 1. The molecule has 0 spiro atoms. The first-order valence-electron chi connectivity index (χ1n) is 11.4. The number of fused-ring (bicyclic) bond motifs is 1. The summed E-state index contributed by atoms with van der Waals surface area (Å²) >= 11 is 1.15. The number of anilines is 2.